The lowest BCUT2D eigenvalue weighted by atomic mass is 10.1. The first-order chi connectivity index (χ1) is 6.54. The summed E-state index contributed by atoms with van der Waals surface area (Å²) in [4.78, 5) is 10.4. The van der Waals surface area contributed by atoms with Gasteiger partial charge in [0.05, 0.1) is 11.6 Å². The smallest absolute Gasteiger partial charge is 0.337 e. The van der Waals surface area contributed by atoms with Gasteiger partial charge < -0.3 is 15.3 Å². The normalized spacial score (nSPS) is 11.7. The van der Waals surface area contributed by atoms with Crippen molar-refractivity contribution in [3.05, 3.63) is 29.3 Å². The van der Waals surface area contributed by atoms with Gasteiger partial charge in [-0.2, -0.15) is 5.26 Å². The largest absolute Gasteiger partial charge is 0.508 e. The van der Waals surface area contributed by atoms with Gasteiger partial charge in [-0.1, -0.05) is 0 Å². The van der Waals surface area contributed by atoms with Crippen LogP contribution in [0.3, 0.4) is 0 Å². The summed E-state index contributed by atoms with van der Waals surface area (Å²) in [5.41, 5.74) is 0.0781. The van der Waals surface area contributed by atoms with E-state index < -0.39 is 12.1 Å². The summed E-state index contributed by atoms with van der Waals surface area (Å²) in [6, 6.07) is 5.22. The Morgan fingerprint density at radius 1 is 1.43 bits per heavy atom. The van der Waals surface area contributed by atoms with E-state index in [0.717, 1.165) is 6.07 Å². The van der Waals surface area contributed by atoms with Crippen LogP contribution < -0.4 is 0 Å². The number of rotatable bonds is 2. The first-order valence-electron chi connectivity index (χ1n) is 3.69. The average Bonchev–Trinajstić information content (AvgIpc) is 2.15. The van der Waals surface area contributed by atoms with Crippen molar-refractivity contribution in [3.63, 3.8) is 0 Å². The number of aliphatic carboxylic acids is 1. The Hall–Kier alpha value is -2.06. The zero-order valence-corrected chi connectivity index (χ0v) is 7.01. The number of hydrogen-bond donors (Lipinski definition) is 3. The van der Waals surface area contributed by atoms with Crippen LogP contribution in [0.4, 0.5) is 0 Å². The van der Waals surface area contributed by atoms with E-state index in [-0.39, 0.29) is 16.9 Å². The van der Waals surface area contributed by atoms with E-state index in [1.54, 1.807) is 6.07 Å². The van der Waals surface area contributed by atoms with E-state index in [1.165, 1.54) is 12.1 Å². The van der Waals surface area contributed by atoms with Crippen LogP contribution in [0.2, 0.25) is 0 Å². The average molecular weight is 193 g/mol. The summed E-state index contributed by atoms with van der Waals surface area (Å²) in [5.74, 6) is -1.68. The molecule has 0 fully saturated rings. The van der Waals surface area contributed by atoms with Gasteiger partial charge in [0.2, 0.25) is 0 Å². The molecule has 72 valence electrons. The maximum atomic E-state index is 10.4. The lowest BCUT2D eigenvalue weighted by molar-refractivity contribution is -0.146. The predicted octanol–water partition coefficient (Wildman–Crippen LogP) is 0.382. The number of carboxylic acid groups (broad SMARTS) is 1. The Kier molecular flexibility index (Phi) is 2.70. The standard InChI is InChI=1S/C9H7NO4/c10-4-5-1-6(3-7(11)2-5)8(12)9(13)14/h1-3,8,11-12H,(H,13,14). The molecule has 0 spiro atoms. The molecule has 0 aromatic heterocycles. The number of phenols is 1. The van der Waals surface area contributed by atoms with Gasteiger partial charge in [0.1, 0.15) is 5.75 Å². The third-order valence-corrected chi connectivity index (χ3v) is 1.62. The number of aromatic hydroxyl groups is 1. The summed E-state index contributed by atoms with van der Waals surface area (Å²) >= 11 is 0. The molecule has 1 unspecified atom stereocenters. The van der Waals surface area contributed by atoms with Gasteiger partial charge in [-0.25, -0.2) is 4.79 Å². The van der Waals surface area contributed by atoms with E-state index in [4.69, 9.17) is 20.6 Å². The lowest BCUT2D eigenvalue weighted by Gasteiger charge is -2.06. The molecule has 0 bridgehead atoms. The van der Waals surface area contributed by atoms with E-state index in [2.05, 4.69) is 0 Å². The molecule has 0 radical (unpaired) electrons. The summed E-state index contributed by atoms with van der Waals surface area (Å²) in [6.45, 7) is 0. The number of nitrogens with zero attached hydrogens (tertiary/aromatic N) is 1. The van der Waals surface area contributed by atoms with Gasteiger partial charge in [0.25, 0.3) is 0 Å². The van der Waals surface area contributed by atoms with Crippen LogP contribution >= 0.6 is 0 Å². The fourth-order valence-corrected chi connectivity index (χ4v) is 1.000. The fourth-order valence-electron chi connectivity index (χ4n) is 1.000. The zero-order chi connectivity index (χ0) is 10.7. The molecule has 0 aliphatic heterocycles. The molecular formula is C9H7NO4. The number of phenolic OH excluding ortho intramolecular Hbond substituents is 1. The van der Waals surface area contributed by atoms with Crippen molar-refractivity contribution in [1.29, 1.82) is 5.26 Å². The van der Waals surface area contributed by atoms with Crippen molar-refractivity contribution in [3.8, 4) is 11.8 Å². The first-order valence-corrected chi connectivity index (χ1v) is 3.69. The number of aliphatic hydroxyl groups is 1. The summed E-state index contributed by atoms with van der Waals surface area (Å²) in [6.07, 6.45) is -1.73. The van der Waals surface area contributed by atoms with Crippen molar-refractivity contribution >= 4 is 5.97 Å². The lowest BCUT2D eigenvalue weighted by Crippen LogP contribution is -2.10. The van der Waals surface area contributed by atoms with E-state index in [1.807, 2.05) is 0 Å². The van der Waals surface area contributed by atoms with Crippen LogP contribution in [-0.4, -0.2) is 21.3 Å². The minimum absolute atomic E-state index is 0.0194. The number of carboxylic acids is 1. The van der Waals surface area contributed by atoms with Crippen LogP contribution in [-0.2, 0) is 4.79 Å². The van der Waals surface area contributed by atoms with Gasteiger partial charge in [-0.3, -0.25) is 0 Å². The highest BCUT2D eigenvalue weighted by Crippen LogP contribution is 2.20. The van der Waals surface area contributed by atoms with Crippen molar-refractivity contribution in [2.24, 2.45) is 0 Å². The van der Waals surface area contributed by atoms with Gasteiger partial charge >= 0.3 is 5.97 Å². The number of benzene rings is 1. The Balaban J connectivity index is 3.17. The second kappa shape index (κ2) is 3.77. The number of hydrogen-bond acceptors (Lipinski definition) is 4. The molecule has 0 aliphatic carbocycles. The van der Waals surface area contributed by atoms with Crippen molar-refractivity contribution in [2.45, 2.75) is 6.10 Å². The highest BCUT2D eigenvalue weighted by Gasteiger charge is 2.17. The molecule has 0 heterocycles. The van der Waals surface area contributed by atoms with Gasteiger partial charge in [0.15, 0.2) is 6.10 Å². The van der Waals surface area contributed by atoms with Crippen LogP contribution in [0.1, 0.15) is 17.2 Å². The Labute approximate surface area is 79.5 Å². The molecule has 1 rings (SSSR count). The maximum absolute atomic E-state index is 10.4. The van der Waals surface area contributed by atoms with Crippen LogP contribution in [0, 0.1) is 11.3 Å². The SMILES string of the molecule is N#Cc1cc(O)cc(C(O)C(=O)O)c1. The molecule has 3 N–H and O–H groups in total. The summed E-state index contributed by atoms with van der Waals surface area (Å²) < 4.78 is 0. The van der Waals surface area contributed by atoms with Crippen molar-refractivity contribution in [2.75, 3.05) is 0 Å². The third kappa shape index (κ3) is 2.00. The summed E-state index contributed by atoms with van der Waals surface area (Å²) in [7, 11) is 0. The van der Waals surface area contributed by atoms with Crippen molar-refractivity contribution < 1.29 is 20.1 Å². The zero-order valence-electron chi connectivity index (χ0n) is 7.01. The van der Waals surface area contributed by atoms with E-state index >= 15 is 0 Å². The second-order valence-corrected chi connectivity index (χ2v) is 2.67. The molecular weight excluding hydrogens is 186 g/mol. The van der Waals surface area contributed by atoms with E-state index in [0.29, 0.717) is 0 Å². The molecule has 14 heavy (non-hydrogen) atoms. The Bertz CT molecular complexity index is 408. The number of nitriles is 1. The highest BCUT2D eigenvalue weighted by molar-refractivity contribution is 5.74. The molecule has 5 nitrogen and oxygen atoms in total. The minimum atomic E-state index is -1.73. The fraction of sp³-hybridized carbons (Fsp3) is 0.111. The molecule has 0 saturated heterocycles. The van der Waals surface area contributed by atoms with Crippen LogP contribution in [0.15, 0.2) is 18.2 Å². The third-order valence-electron chi connectivity index (χ3n) is 1.62. The molecule has 1 atom stereocenters. The molecule has 0 saturated carbocycles. The van der Waals surface area contributed by atoms with Gasteiger partial charge in [-0.15, -0.1) is 0 Å². The van der Waals surface area contributed by atoms with Crippen LogP contribution in [0.25, 0.3) is 0 Å². The Morgan fingerprint density at radius 2 is 2.07 bits per heavy atom. The molecule has 5 heteroatoms. The monoisotopic (exact) mass is 193 g/mol. The quantitative estimate of drug-likeness (QED) is 0.630. The topological polar surface area (TPSA) is 102 Å². The van der Waals surface area contributed by atoms with Gasteiger partial charge in [-0.05, 0) is 23.8 Å². The minimum Gasteiger partial charge on any atom is -0.508 e. The molecule has 1 aromatic carbocycles. The van der Waals surface area contributed by atoms with E-state index in [9.17, 15) is 4.79 Å². The maximum Gasteiger partial charge on any atom is 0.337 e. The van der Waals surface area contributed by atoms with Crippen LogP contribution in [0.5, 0.6) is 5.75 Å². The molecule has 1 aromatic rings. The number of aliphatic hydroxyl groups excluding tert-OH is 1. The summed E-state index contributed by atoms with van der Waals surface area (Å²) in [5, 5.41) is 35.2. The number of carbonyl (C=O) groups is 1. The first kappa shape index (κ1) is 10.0. The molecule has 0 amide bonds. The second-order valence-electron chi connectivity index (χ2n) is 2.67. The predicted molar refractivity (Wildman–Crippen MR) is 45.4 cm³/mol. The van der Waals surface area contributed by atoms with Gasteiger partial charge in [0, 0.05) is 0 Å². The molecule has 0 aliphatic rings. The highest BCUT2D eigenvalue weighted by atomic mass is 16.4. The Morgan fingerprint density at radius 3 is 2.57 bits per heavy atom. The van der Waals surface area contributed by atoms with Crippen molar-refractivity contribution in [1.82, 2.24) is 0 Å².